The van der Waals surface area contributed by atoms with Crippen LogP contribution >= 0.6 is 0 Å². The summed E-state index contributed by atoms with van der Waals surface area (Å²) in [6, 6.07) is 8.65. The number of ketones is 1. The summed E-state index contributed by atoms with van der Waals surface area (Å²) < 4.78 is 4.99. The standard InChI is InChI=1S/C13H15NO3/c15-12(10-5-2-1-3-6-10)13(16)17-9-11-7-4-8-14-11/h1-3,5-6,11,14H,4,7-9H2. The van der Waals surface area contributed by atoms with Gasteiger partial charge in [0.05, 0.1) is 0 Å². The van der Waals surface area contributed by atoms with Crippen molar-refractivity contribution in [2.24, 2.45) is 0 Å². The molecule has 90 valence electrons. The molecule has 1 aromatic rings. The lowest BCUT2D eigenvalue weighted by molar-refractivity contribution is -0.138. The number of esters is 1. The van der Waals surface area contributed by atoms with Gasteiger partial charge < -0.3 is 10.1 Å². The van der Waals surface area contributed by atoms with Gasteiger partial charge in [-0.2, -0.15) is 0 Å². The molecule has 1 heterocycles. The summed E-state index contributed by atoms with van der Waals surface area (Å²) in [5, 5.41) is 3.20. The van der Waals surface area contributed by atoms with Crippen LogP contribution in [0.2, 0.25) is 0 Å². The fourth-order valence-corrected chi connectivity index (χ4v) is 1.85. The summed E-state index contributed by atoms with van der Waals surface area (Å²) in [5.41, 5.74) is 0.372. The van der Waals surface area contributed by atoms with E-state index in [1.54, 1.807) is 30.3 Å². The maximum absolute atomic E-state index is 11.7. The SMILES string of the molecule is O=C(OCC1CCCN1)C(=O)c1ccccc1. The number of benzene rings is 1. The van der Waals surface area contributed by atoms with Crippen LogP contribution < -0.4 is 5.32 Å². The minimum atomic E-state index is -0.773. The Balaban J connectivity index is 1.85. The van der Waals surface area contributed by atoms with Crippen LogP contribution in [-0.4, -0.2) is 30.9 Å². The van der Waals surface area contributed by atoms with Crippen LogP contribution in [0.4, 0.5) is 0 Å². The van der Waals surface area contributed by atoms with Crippen molar-refractivity contribution in [3.63, 3.8) is 0 Å². The predicted octanol–water partition coefficient (Wildman–Crippen LogP) is 1.16. The fraction of sp³-hybridized carbons (Fsp3) is 0.385. The van der Waals surface area contributed by atoms with Crippen LogP contribution in [0.25, 0.3) is 0 Å². The highest BCUT2D eigenvalue weighted by atomic mass is 16.5. The fourth-order valence-electron chi connectivity index (χ4n) is 1.85. The maximum Gasteiger partial charge on any atom is 0.379 e. The number of ether oxygens (including phenoxy) is 1. The molecule has 0 radical (unpaired) electrons. The number of nitrogens with one attached hydrogen (secondary N) is 1. The van der Waals surface area contributed by atoms with Crippen molar-refractivity contribution in [2.75, 3.05) is 13.2 Å². The highest BCUT2D eigenvalue weighted by Gasteiger charge is 2.21. The third kappa shape index (κ3) is 3.14. The summed E-state index contributed by atoms with van der Waals surface area (Å²) in [7, 11) is 0. The van der Waals surface area contributed by atoms with Gasteiger partial charge in [0, 0.05) is 11.6 Å². The van der Waals surface area contributed by atoms with Crippen molar-refractivity contribution in [3.05, 3.63) is 35.9 Å². The van der Waals surface area contributed by atoms with Crippen LogP contribution in [0.5, 0.6) is 0 Å². The zero-order valence-corrected chi connectivity index (χ0v) is 9.52. The first-order chi connectivity index (χ1) is 8.27. The molecule has 0 aromatic heterocycles. The van der Waals surface area contributed by atoms with Crippen molar-refractivity contribution in [2.45, 2.75) is 18.9 Å². The predicted molar refractivity (Wildman–Crippen MR) is 62.8 cm³/mol. The number of hydrogen-bond acceptors (Lipinski definition) is 4. The molecule has 4 heteroatoms. The summed E-state index contributed by atoms with van der Waals surface area (Å²) in [5.74, 6) is -1.35. The molecular weight excluding hydrogens is 218 g/mol. The van der Waals surface area contributed by atoms with E-state index in [0.717, 1.165) is 19.4 Å². The lowest BCUT2D eigenvalue weighted by Gasteiger charge is -2.10. The largest absolute Gasteiger partial charge is 0.458 e. The topological polar surface area (TPSA) is 55.4 Å². The first kappa shape index (κ1) is 11.8. The number of carbonyl (C=O) groups is 2. The molecule has 1 unspecified atom stereocenters. The van der Waals surface area contributed by atoms with Crippen LogP contribution in [0, 0.1) is 0 Å². The first-order valence-corrected chi connectivity index (χ1v) is 5.77. The molecule has 0 amide bonds. The van der Waals surface area contributed by atoms with Crippen LogP contribution in [0.3, 0.4) is 0 Å². The zero-order valence-electron chi connectivity index (χ0n) is 9.52. The molecule has 1 aliphatic rings. The highest BCUT2D eigenvalue weighted by Crippen LogP contribution is 2.06. The summed E-state index contributed by atoms with van der Waals surface area (Å²) >= 11 is 0. The minimum absolute atomic E-state index is 0.197. The molecule has 0 bridgehead atoms. The van der Waals surface area contributed by atoms with Gasteiger partial charge in [0.15, 0.2) is 0 Å². The Morgan fingerprint density at radius 1 is 1.29 bits per heavy atom. The third-order valence-corrected chi connectivity index (χ3v) is 2.80. The van der Waals surface area contributed by atoms with E-state index in [4.69, 9.17) is 4.74 Å². The van der Waals surface area contributed by atoms with Gasteiger partial charge in [-0.1, -0.05) is 30.3 Å². The Hall–Kier alpha value is -1.68. The average Bonchev–Trinajstić information content (AvgIpc) is 2.89. The molecule has 4 nitrogen and oxygen atoms in total. The Morgan fingerprint density at radius 3 is 2.71 bits per heavy atom. The van der Waals surface area contributed by atoms with Gasteiger partial charge in [0.1, 0.15) is 6.61 Å². The van der Waals surface area contributed by atoms with Crippen molar-refractivity contribution in [1.82, 2.24) is 5.32 Å². The van der Waals surface area contributed by atoms with Gasteiger partial charge >= 0.3 is 5.97 Å². The van der Waals surface area contributed by atoms with Crippen LogP contribution in [0.15, 0.2) is 30.3 Å². The quantitative estimate of drug-likeness (QED) is 0.482. The second-order valence-corrected chi connectivity index (χ2v) is 4.09. The van der Waals surface area contributed by atoms with Crippen molar-refractivity contribution in [1.29, 1.82) is 0 Å². The molecule has 1 N–H and O–H groups in total. The Labute approximate surface area is 100.0 Å². The molecular formula is C13H15NO3. The van der Waals surface area contributed by atoms with E-state index in [9.17, 15) is 9.59 Å². The van der Waals surface area contributed by atoms with E-state index in [1.807, 2.05) is 0 Å². The van der Waals surface area contributed by atoms with Gasteiger partial charge in [-0.25, -0.2) is 4.79 Å². The van der Waals surface area contributed by atoms with Crippen LogP contribution in [-0.2, 0) is 9.53 Å². The van der Waals surface area contributed by atoms with Gasteiger partial charge in [-0.15, -0.1) is 0 Å². The van der Waals surface area contributed by atoms with Gasteiger partial charge in [0.25, 0.3) is 5.78 Å². The normalized spacial score (nSPS) is 18.9. The highest BCUT2D eigenvalue weighted by molar-refractivity contribution is 6.40. The molecule has 1 saturated heterocycles. The Bertz CT molecular complexity index is 396. The number of carbonyl (C=O) groups excluding carboxylic acids is 2. The van der Waals surface area contributed by atoms with Crippen molar-refractivity contribution >= 4 is 11.8 Å². The van der Waals surface area contributed by atoms with Crippen LogP contribution in [0.1, 0.15) is 23.2 Å². The summed E-state index contributed by atoms with van der Waals surface area (Å²) in [4.78, 5) is 23.2. The monoisotopic (exact) mass is 233 g/mol. The molecule has 2 rings (SSSR count). The Morgan fingerprint density at radius 2 is 2.06 bits per heavy atom. The summed E-state index contributed by atoms with van der Waals surface area (Å²) in [6.45, 7) is 1.23. The van der Waals surface area contributed by atoms with E-state index in [1.165, 1.54) is 0 Å². The molecule has 1 fully saturated rings. The lowest BCUT2D eigenvalue weighted by atomic mass is 10.1. The second-order valence-electron chi connectivity index (χ2n) is 4.09. The molecule has 0 saturated carbocycles. The third-order valence-electron chi connectivity index (χ3n) is 2.80. The van der Waals surface area contributed by atoms with Crippen molar-refractivity contribution < 1.29 is 14.3 Å². The van der Waals surface area contributed by atoms with Gasteiger partial charge in [-0.3, -0.25) is 4.79 Å². The molecule has 17 heavy (non-hydrogen) atoms. The molecule has 1 atom stereocenters. The average molecular weight is 233 g/mol. The molecule has 1 aromatic carbocycles. The minimum Gasteiger partial charge on any atom is -0.458 e. The lowest BCUT2D eigenvalue weighted by Crippen LogP contribution is -2.30. The van der Waals surface area contributed by atoms with Crippen molar-refractivity contribution in [3.8, 4) is 0 Å². The molecule has 0 spiro atoms. The zero-order chi connectivity index (χ0) is 12.1. The molecule has 1 aliphatic heterocycles. The van der Waals surface area contributed by atoms with Gasteiger partial charge in [-0.05, 0) is 19.4 Å². The van der Waals surface area contributed by atoms with E-state index in [2.05, 4.69) is 5.32 Å². The van der Waals surface area contributed by atoms with E-state index < -0.39 is 11.8 Å². The first-order valence-electron chi connectivity index (χ1n) is 5.77. The maximum atomic E-state index is 11.7. The van der Waals surface area contributed by atoms with E-state index in [-0.39, 0.29) is 12.6 Å². The van der Waals surface area contributed by atoms with E-state index >= 15 is 0 Å². The smallest absolute Gasteiger partial charge is 0.379 e. The van der Waals surface area contributed by atoms with Gasteiger partial charge in [0.2, 0.25) is 0 Å². The Kier molecular flexibility index (Phi) is 3.88. The number of Topliss-reactive ketones (excluding diaryl/α,β-unsaturated/α-hetero) is 1. The molecule has 0 aliphatic carbocycles. The second kappa shape index (κ2) is 5.59. The number of rotatable bonds is 4. The number of hydrogen-bond donors (Lipinski definition) is 1. The van der Waals surface area contributed by atoms with E-state index in [0.29, 0.717) is 5.56 Å². The summed E-state index contributed by atoms with van der Waals surface area (Å²) in [6.07, 6.45) is 2.08.